The van der Waals surface area contributed by atoms with E-state index in [1.807, 2.05) is 12.1 Å². The molecule has 1 rings (SSSR count). The van der Waals surface area contributed by atoms with Crippen LogP contribution in [-0.4, -0.2) is 25.4 Å². The van der Waals surface area contributed by atoms with Gasteiger partial charge in [-0.05, 0) is 30.5 Å². The molecule has 0 aliphatic heterocycles. The van der Waals surface area contributed by atoms with Gasteiger partial charge in [-0.3, -0.25) is 0 Å². The Labute approximate surface area is 101 Å². The first-order valence-electron chi connectivity index (χ1n) is 5.40. The molecule has 3 nitrogen and oxygen atoms in total. The largest absolute Gasteiger partial charge is 0.392 e. The van der Waals surface area contributed by atoms with Gasteiger partial charge < -0.3 is 15.2 Å². The highest BCUT2D eigenvalue weighted by Crippen LogP contribution is 2.23. The van der Waals surface area contributed by atoms with Gasteiger partial charge in [-0.1, -0.05) is 17.7 Å². The van der Waals surface area contributed by atoms with Gasteiger partial charge in [0, 0.05) is 20.3 Å². The summed E-state index contributed by atoms with van der Waals surface area (Å²) in [4.78, 5) is 0. The summed E-state index contributed by atoms with van der Waals surface area (Å²) in [6.45, 7) is 1.68. The predicted octanol–water partition coefficient (Wildman–Crippen LogP) is 2.67. The fourth-order valence-electron chi connectivity index (χ4n) is 1.40. The summed E-state index contributed by atoms with van der Waals surface area (Å²) < 4.78 is 4.97. The number of aliphatic hydroxyl groups is 1. The van der Waals surface area contributed by atoms with E-state index >= 15 is 0 Å². The SMILES string of the molecule is COCCCCNc1cc(CO)ccc1Cl. The molecule has 0 saturated carbocycles. The zero-order chi connectivity index (χ0) is 11.8. The van der Waals surface area contributed by atoms with Crippen molar-refractivity contribution in [1.29, 1.82) is 0 Å². The highest BCUT2D eigenvalue weighted by atomic mass is 35.5. The molecule has 0 aromatic heterocycles. The van der Waals surface area contributed by atoms with Crippen molar-refractivity contribution >= 4 is 17.3 Å². The fourth-order valence-corrected chi connectivity index (χ4v) is 1.59. The second kappa shape index (κ2) is 7.49. The number of methoxy groups -OCH3 is 1. The van der Waals surface area contributed by atoms with Crippen LogP contribution in [0.5, 0.6) is 0 Å². The number of rotatable bonds is 7. The molecule has 0 atom stereocenters. The second-order valence-electron chi connectivity index (χ2n) is 3.60. The van der Waals surface area contributed by atoms with Crippen molar-refractivity contribution in [2.45, 2.75) is 19.4 Å². The minimum absolute atomic E-state index is 0.0372. The number of benzene rings is 1. The molecular formula is C12H18ClNO2. The molecule has 0 spiro atoms. The third-order valence-corrected chi connectivity index (χ3v) is 2.63. The van der Waals surface area contributed by atoms with E-state index in [0.717, 1.165) is 37.2 Å². The van der Waals surface area contributed by atoms with Gasteiger partial charge in [-0.2, -0.15) is 0 Å². The van der Waals surface area contributed by atoms with Crippen LogP contribution in [0.25, 0.3) is 0 Å². The molecule has 0 amide bonds. The summed E-state index contributed by atoms with van der Waals surface area (Å²) >= 11 is 6.02. The molecule has 0 radical (unpaired) electrons. The Bertz CT molecular complexity index is 318. The molecule has 0 fully saturated rings. The van der Waals surface area contributed by atoms with Crippen LogP contribution in [0.2, 0.25) is 5.02 Å². The van der Waals surface area contributed by atoms with Gasteiger partial charge in [0.15, 0.2) is 0 Å². The Morgan fingerprint density at radius 3 is 2.88 bits per heavy atom. The lowest BCUT2D eigenvalue weighted by Gasteiger charge is -2.09. The van der Waals surface area contributed by atoms with Crippen molar-refractivity contribution < 1.29 is 9.84 Å². The van der Waals surface area contributed by atoms with Crippen LogP contribution in [0.15, 0.2) is 18.2 Å². The highest BCUT2D eigenvalue weighted by Gasteiger charge is 2.00. The molecule has 0 saturated heterocycles. The van der Waals surface area contributed by atoms with Crippen LogP contribution in [-0.2, 0) is 11.3 Å². The molecule has 1 aromatic rings. The van der Waals surface area contributed by atoms with Crippen LogP contribution in [0.1, 0.15) is 18.4 Å². The average Bonchev–Trinajstić information content (AvgIpc) is 2.31. The molecule has 4 heteroatoms. The van der Waals surface area contributed by atoms with Crippen molar-refractivity contribution in [3.8, 4) is 0 Å². The first-order chi connectivity index (χ1) is 7.77. The zero-order valence-corrected chi connectivity index (χ0v) is 10.3. The van der Waals surface area contributed by atoms with E-state index < -0.39 is 0 Å². The van der Waals surface area contributed by atoms with Crippen LogP contribution >= 0.6 is 11.6 Å². The average molecular weight is 244 g/mol. The van der Waals surface area contributed by atoms with Crippen LogP contribution in [0.3, 0.4) is 0 Å². The summed E-state index contributed by atoms with van der Waals surface area (Å²) in [6.07, 6.45) is 2.06. The Morgan fingerprint density at radius 1 is 1.38 bits per heavy atom. The van der Waals surface area contributed by atoms with Gasteiger partial charge in [-0.15, -0.1) is 0 Å². The van der Waals surface area contributed by atoms with Crippen molar-refractivity contribution in [3.63, 3.8) is 0 Å². The smallest absolute Gasteiger partial charge is 0.0682 e. The standard InChI is InChI=1S/C12H18ClNO2/c1-16-7-3-2-6-14-12-8-10(9-15)4-5-11(12)13/h4-5,8,14-15H,2-3,6-7,9H2,1H3. The van der Waals surface area contributed by atoms with E-state index in [1.165, 1.54) is 0 Å². The summed E-state index contributed by atoms with van der Waals surface area (Å²) in [5, 5.41) is 12.9. The Balaban J connectivity index is 2.40. The molecule has 2 N–H and O–H groups in total. The van der Waals surface area contributed by atoms with Crippen molar-refractivity contribution in [1.82, 2.24) is 0 Å². The quantitative estimate of drug-likeness (QED) is 0.724. The summed E-state index contributed by atoms with van der Waals surface area (Å²) in [6, 6.07) is 5.49. The maximum atomic E-state index is 9.01. The number of hydrogen-bond acceptors (Lipinski definition) is 3. The number of ether oxygens (including phenoxy) is 1. The van der Waals surface area contributed by atoms with Gasteiger partial charge in [0.05, 0.1) is 17.3 Å². The molecule has 0 unspecified atom stereocenters. The number of halogens is 1. The maximum absolute atomic E-state index is 9.01. The third-order valence-electron chi connectivity index (χ3n) is 2.30. The van der Waals surface area contributed by atoms with Crippen molar-refractivity contribution in [2.75, 3.05) is 25.6 Å². The van der Waals surface area contributed by atoms with E-state index in [-0.39, 0.29) is 6.61 Å². The summed E-state index contributed by atoms with van der Waals surface area (Å²) in [7, 11) is 1.70. The second-order valence-corrected chi connectivity index (χ2v) is 4.01. The normalized spacial score (nSPS) is 10.4. The van der Waals surface area contributed by atoms with E-state index in [9.17, 15) is 0 Å². The number of nitrogens with one attached hydrogen (secondary N) is 1. The molecule has 16 heavy (non-hydrogen) atoms. The molecule has 90 valence electrons. The molecular weight excluding hydrogens is 226 g/mol. The fraction of sp³-hybridized carbons (Fsp3) is 0.500. The number of hydrogen-bond donors (Lipinski definition) is 2. The van der Waals surface area contributed by atoms with Gasteiger partial charge in [0.25, 0.3) is 0 Å². The van der Waals surface area contributed by atoms with E-state index in [4.69, 9.17) is 21.4 Å². The molecule has 0 aliphatic carbocycles. The van der Waals surface area contributed by atoms with Gasteiger partial charge >= 0.3 is 0 Å². The predicted molar refractivity (Wildman–Crippen MR) is 67.0 cm³/mol. The molecule has 0 bridgehead atoms. The lowest BCUT2D eigenvalue weighted by Crippen LogP contribution is -2.04. The Morgan fingerprint density at radius 2 is 2.19 bits per heavy atom. The van der Waals surface area contributed by atoms with Crippen LogP contribution in [0, 0.1) is 0 Å². The lowest BCUT2D eigenvalue weighted by atomic mass is 10.2. The van der Waals surface area contributed by atoms with Crippen LogP contribution < -0.4 is 5.32 Å². The number of unbranched alkanes of at least 4 members (excludes halogenated alkanes) is 1. The Kier molecular flexibility index (Phi) is 6.23. The monoisotopic (exact) mass is 243 g/mol. The van der Waals surface area contributed by atoms with E-state index in [1.54, 1.807) is 13.2 Å². The third kappa shape index (κ3) is 4.39. The Hall–Kier alpha value is -0.770. The summed E-state index contributed by atoms with van der Waals surface area (Å²) in [5.41, 5.74) is 1.74. The first-order valence-corrected chi connectivity index (χ1v) is 5.78. The van der Waals surface area contributed by atoms with Crippen LogP contribution in [0.4, 0.5) is 5.69 Å². The maximum Gasteiger partial charge on any atom is 0.0682 e. The molecule has 0 heterocycles. The topological polar surface area (TPSA) is 41.5 Å². The van der Waals surface area contributed by atoms with E-state index in [2.05, 4.69) is 5.32 Å². The van der Waals surface area contributed by atoms with Crippen molar-refractivity contribution in [3.05, 3.63) is 28.8 Å². The molecule has 1 aromatic carbocycles. The molecule has 0 aliphatic rings. The van der Waals surface area contributed by atoms with Gasteiger partial charge in [0.2, 0.25) is 0 Å². The van der Waals surface area contributed by atoms with Crippen molar-refractivity contribution in [2.24, 2.45) is 0 Å². The van der Waals surface area contributed by atoms with E-state index in [0.29, 0.717) is 5.02 Å². The number of anilines is 1. The number of aliphatic hydroxyl groups excluding tert-OH is 1. The highest BCUT2D eigenvalue weighted by molar-refractivity contribution is 6.33. The lowest BCUT2D eigenvalue weighted by molar-refractivity contribution is 0.194. The summed E-state index contributed by atoms with van der Waals surface area (Å²) in [5.74, 6) is 0. The zero-order valence-electron chi connectivity index (χ0n) is 9.50. The minimum Gasteiger partial charge on any atom is -0.392 e. The first kappa shape index (κ1) is 13.3. The van der Waals surface area contributed by atoms with Gasteiger partial charge in [-0.25, -0.2) is 0 Å². The minimum atomic E-state index is 0.0372. The van der Waals surface area contributed by atoms with Gasteiger partial charge in [0.1, 0.15) is 0 Å².